The molecule has 1 fully saturated rings. The van der Waals surface area contributed by atoms with Gasteiger partial charge in [-0.25, -0.2) is 0 Å². The summed E-state index contributed by atoms with van der Waals surface area (Å²) < 4.78 is 0. The Morgan fingerprint density at radius 1 is 1.56 bits per heavy atom. The van der Waals surface area contributed by atoms with E-state index in [1.54, 1.807) is 11.3 Å². The van der Waals surface area contributed by atoms with Crippen LogP contribution in [0.1, 0.15) is 33.0 Å². The molecule has 98 valence electrons. The number of carbonyl (C=O) groups excluding carboxylic acids is 1. The number of aliphatic hydroxyl groups excluding tert-OH is 1. The molecule has 3 heterocycles. The molecule has 0 unspecified atom stereocenters. The minimum Gasteiger partial charge on any atom is -0.394 e. The van der Waals surface area contributed by atoms with Crippen LogP contribution >= 0.6 is 23.1 Å². The van der Waals surface area contributed by atoms with Gasteiger partial charge in [-0.3, -0.25) is 4.79 Å². The van der Waals surface area contributed by atoms with Gasteiger partial charge in [0.1, 0.15) is 0 Å². The Labute approximate surface area is 115 Å². The van der Waals surface area contributed by atoms with Crippen molar-refractivity contribution in [2.45, 2.75) is 31.1 Å². The predicted molar refractivity (Wildman–Crippen MR) is 75.3 cm³/mol. The van der Waals surface area contributed by atoms with Gasteiger partial charge in [0.05, 0.1) is 17.5 Å². The van der Waals surface area contributed by atoms with Crippen molar-refractivity contribution < 1.29 is 9.90 Å². The molecule has 5 heteroatoms. The first-order chi connectivity index (χ1) is 8.79. The molecule has 0 spiro atoms. The second-order valence-corrected chi connectivity index (χ2v) is 7.08. The predicted octanol–water partition coefficient (Wildman–Crippen LogP) is 2.13. The second kappa shape index (κ2) is 5.23. The van der Waals surface area contributed by atoms with Crippen LogP contribution in [0.2, 0.25) is 0 Å². The molecule has 1 aromatic heterocycles. The molecule has 1 amide bonds. The van der Waals surface area contributed by atoms with E-state index in [2.05, 4.69) is 6.07 Å². The summed E-state index contributed by atoms with van der Waals surface area (Å²) in [5.74, 6) is 2.34. The fourth-order valence-electron chi connectivity index (χ4n) is 2.69. The lowest BCUT2D eigenvalue weighted by Crippen LogP contribution is -2.37. The molecule has 3 nitrogen and oxygen atoms in total. The van der Waals surface area contributed by atoms with Crippen molar-refractivity contribution >= 4 is 29.0 Å². The van der Waals surface area contributed by atoms with Crippen molar-refractivity contribution in [1.29, 1.82) is 0 Å². The lowest BCUT2D eigenvalue weighted by atomic mass is 10.2. The SMILES string of the molecule is O=C(c1cc2c(s1)CCSC2)N1CCC[C@@H]1CO. The van der Waals surface area contributed by atoms with E-state index >= 15 is 0 Å². The Bertz CT molecular complexity index is 434. The van der Waals surface area contributed by atoms with E-state index in [-0.39, 0.29) is 18.6 Å². The summed E-state index contributed by atoms with van der Waals surface area (Å²) in [6.07, 6.45) is 3.04. The Balaban J connectivity index is 1.81. The van der Waals surface area contributed by atoms with Crippen molar-refractivity contribution in [1.82, 2.24) is 4.90 Å². The summed E-state index contributed by atoms with van der Waals surface area (Å²) in [5.41, 5.74) is 1.35. The molecule has 0 radical (unpaired) electrons. The summed E-state index contributed by atoms with van der Waals surface area (Å²) in [5, 5.41) is 9.30. The molecule has 18 heavy (non-hydrogen) atoms. The van der Waals surface area contributed by atoms with Gasteiger partial charge < -0.3 is 10.0 Å². The van der Waals surface area contributed by atoms with Crippen molar-refractivity contribution in [2.75, 3.05) is 18.9 Å². The highest BCUT2D eigenvalue weighted by atomic mass is 32.2. The molecule has 0 aliphatic carbocycles. The quantitative estimate of drug-likeness (QED) is 0.904. The molecule has 0 saturated carbocycles. The molecular formula is C13H17NO2S2. The van der Waals surface area contributed by atoms with E-state index < -0.39 is 0 Å². The number of hydrogen-bond acceptors (Lipinski definition) is 4. The molecule has 2 aliphatic rings. The first-order valence-corrected chi connectivity index (χ1v) is 8.38. The molecule has 3 rings (SSSR count). The number of aliphatic hydroxyl groups is 1. The third-order valence-electron chi connectivity index (χ3n) is 3.69. The number of fused-ring (bicyclic) bond motifs is 1. The van der Waals surface area contributed by atoms with Crippen LogP contribution in [0.15, 0.2) is 6.07 Å². The number of carbonyl (C=O) groups is 1. The van der Waals surface area contributed by atoms with Crippen LogP contribution in [0.4, 0.5) is 0 Å². The topological polar surface area (TPSA) is 40.5 Å². The number of likely N-dealkylation sites (tertiary alicyclic amines) is 1. The van der Waals surface area contributed by atoms with Crippen LogP contribution in [0.5, 0.6) is 0 Å². The van der Waals surface area contributed by atoms with Crippen LogP contribution in [0.25, 0.3) is 0 Å². The molecule has 1 saturated heterocycles. The molecular weight excluding hydrogens is 266 g/mol. The lowest BCUT2D eigenvalue weighted by Gasteiger charge is -2.22. The van der Waals surface area contributed by atoms with Crippen molar-refractivity contribution in [3.05, 3.63) is 21.4 Å². The van der Waals surface area contributed by atoms with Crippen molar-refractivity contribution in [3.8, 4) is 0 Å². The van der Waals surface area contributed by atoms with Gasteiger partial charge in [0, 0.05) is 17.2 Å². The van der Waals surface area contributed by atoms with Crippen LogP contribution in [0.3, 0.4) is 0 Å². The maximum Gasteiger partial charge on any atom is 0.264 e. The highest BCUT2D eigenvalue weighted by molar-refractivity contribution is 7.98. The number of nitrogens with zero attached hydrogens (tertiary/aromatic N) is 1. The third kappa shape index (κ3) is 2.19. The summed E-state index contributed by atoms with van der Waals surface area (Å²) in [4.78, 5) is 16.6. The van der Waals surface area contributed by atoms with E-state index in [4.69, 9.17) is 0 Å². The maximum atomic E-state index is 12.5. The Hall–Kier alpha value is -0.520. The van der Waals surface area contributed by atoms with Crippen LogP contribution in [-0.4, -0.2) is 40.9 Å². The van der Waals surface area contributed by atoms with Crippen LogP contribution in [-0.2, 0) is 12.2 Å². The normalized spacial score (nSPS) is 23.2. The molecule has 1 aromatic rings. The highest BCUT2D eigenvalue weighted by Gasteiger charge is 2.30. The molecule has 2 aliphatic heterocycles. The van der Waals surface area contributed by atoms with Gasteiger partial charge in [-0.05, 0) is 36.6 Å². The molecule has 1 N–H and O–H groups in total. The average Bonchev–Trinajstić information content (AvgIpc) is 3.03. The summed E-state index contributed by atoms with van der Waals surface area (Å²) in [7, 11) is 0. The van der Waals surface area contributed by atoms with Gasteiger partial charge in [0.2, 0.25) is 0 Å². The number of thiophene rings is 1. The summed E-state index contributed by atoms with van der Waals surface area (Å²) in [6.45, 7) is 0.883. The van der Waals surface area contributed by atoms with Gasteiger partial charge in [-0.15, -0.1) is 11.3 Å². The van der Waals surface area contributed by atoms with Gasteiger partial charge >= 0.3 is 0 Å². The minimum absolute atomic E-state index is 0.0333. The Kier molecular flexibility index (Phi) is 3.63. The standard InChI is InChI=1S/C13H17NO2S2/c15-7-10-2-1-4-14(10)13(16)12-6-9-8-17-5-3-11(9)18-12/h6,10,15H,1-5,7-8H2/t10-/m1/s1. The van der Waals surface area contributed by atoms with E-state index in [9.17, 15) is 9.90 Å². The zero-order valence-corrected chi connectivity index (χ0v) is 11.9. The van der Waals surface area contributed by atoms with Crippen LogP contribution < -0.4 is 0 Å². The van der Waals surface area contributed by atoms with Gasteiger partial charge in [-0.1, -0.05) is 0 Å². The number of amides is 1. The zero-order valence-electron chi connectivity index (χ0n) is 10.2. The fraction of sp³-hybridized carbons (Fsp3) is 0.615. The monoisotopic (exact) mass is 283 g/mol. The number of aryl methyl sites for hydroxylation is 1. The van der Waals surface area contributed by atoms with E-state index in [1.807, 2.05) is 16.7 Å². The van der Waals surface area contributed by atoms with Crippen LogP contribution in [0, 0.1) is 0 Å². The Morgan fingerprint density at radius 2 is 2.44 bits per heavy atom. The summed E-state index contributed by atoms with van der Waals surface area (Å²) in [6, 6.07) is 2.10. The first-order valence-electron chi connectivity index (χ1n) is 6.40. The van der Waals surface area contributed by atoms with Gasteiger partial charge in [-0.2, -0.15) is 11.8 Å². The molecule has 0 aromatic carbocycles. The minimum atomic E-state index is 0.0333. The van der Waals surface area contributed by atoms with Crippen molar-refractivity contribution in [2.24, 2.45) is 0 Å². The van der Waals surface area contributed by atoms with E-state index in [0.717, 1.165) is 36.4 Å². The average molecular weight is 283 g/mol. The zero-order chi connectivity index (χ0) is 12.5. The lowest BCUT2D eigenvalue weighted by molar-refractivity contribution is 0.0682. The molecule has 1 atom stereocenters. The highest BCUT2D eigenvalue weighted by Crippen LogP contribution is 2.33. The summed E-state index contributed by atoms with van der Waals surface area (Å²) >= 11 is 3.60. The first kappa shape index (κ1) is 12.5. The fourth-order valence-corrected chi connectivity index (χ4v) is 5.02. The number of thioether (sulfide) groups is 1. The molecule has 0 bridgehead atoms. The smallest absolute Gasteiger partial charge is 0.264 e. The van der Waals surface area contributed by atoms with Crippen molar-refractivity contribution in [3.63, 3.8) is 0 Å². The largest absolute Gasteiger partial charge is 0.394 e. The third-order valence-corrected chi connectivity index (χ3v) is 5.92. The number of hydrogen-bond donors (Lipinski definition) is 1. The Morgan fingerprint density at radius 3 is 3.22 bits per heavy atom. The second-order valence-electron chi connectivity index (χ2n) is 4.84. The maximum absolute atomic E-state index is 12.5. The van der Waals surface area contributed by atoms with Gasteiger partial charge in [0.15, 0.2) is 0 Å². The van der Waals surface area contributed by atoms with Gasteiger partial charge in [0.25, 0.3) is 5.91 Å². The van der Waals surface area contributed by atoms with E-state index in [0.29, 0.717) is 0 Å². The van der Waals surface area contributed by atoms with E-state index in [1.165, 1.54) is 16.2 Å². The number of rotatable bonds is 2.